The zero-order chi connectivity index (χ0) is 9.56. The second kappa shape index (κ2) is 6.31. The van der Waals surface area contributed by atoms with Crippen molar-refractivity contribution in [3.8, 4) is 0 Å². The number of thiol groups is 1. The number of rotatable bonds is 5. The molecule has 1 unspecified atom stereocenters. The monoisotopic (exact) mass is 191 g/mol. The van der Waals surface area contributed by atoms with E-state index in [2.05, 4.69) is 17.5 Å². The molecule has 0 bridgehead atoms. The number of carbonyl (C=O) groups is 1. The first-order chi connectivity index (χ1) is 5.54. The van der Waals surface area contributed by atoms with Gasteiger partial charge in [-0.3, -0.25) is 4.79 Å². The summed E-state index contributed by atoms with van der Waals surface area (Å²) in [6.45, 7) is 3.13. The third-order valence-corrected chi connectivity index (χ3v) is 1.55. The number of hydrogen-bond acceptors (Lipinski definition) is 4. The summed E-state index contributed by atoms with van der Waals surface area (Å²) in [7, 11) is 3.98. The molecule has 0 rings (SSSR count). The molecule has 0 aliphatic carbocycles. The van der Waals surface area contributed by atoms with Gasteiger partial charge in [0.1, 0.15) is 0 Å². The van der Waals surface area contributed by atoms with Gasteiger partial charge in [-0.1, -0.05) is 0 Å². The fourth-order valence-corrected chi connectivity index (χ4v) is 0.749. The van der Waals surface area contributed by atoms with Gasteiger partial charge in [0.15, 0.2) is 0 Å². The van der Waals surface area contributed by atoms with E-state index in [-0.39, 0.29) is 11.2 Å². The van der Waals surface area contributed by atoms with Crippen LogP contribution in [0.1, 0.15) is 13.3 Å². The Bertz CT molecular complexity index is 137. The molecule has 0 radical (unpaired) electrons. The Morgan fingerprint density at radius 2 is 2.17 bits per heavy atom. The number of esters is 1. The highest BCUT2D eigenvalue weighted by molar-refractivity contribution is 7.81. The third-order valence-electron chi connectivity index (χ3n) is 1.34. The number of nitrogens with zero attached hydrogens (tertiary/aromatic N) is 1. The Morgan fingerprint density at radius 3 is 2.58 bits per heavy atom. The average Bonchev–Trinajstić information content (AvgIpc) is 1.97. The Hall–Kier alpha value is -0.220. The maximum Gasteiger partial charge on any atom is 0.318 e. The molecule has 0 saturated carbocycles. The third kappa shape index (κ3) is 6.49. The lowest BCUT2D eigenvalue weighted by Gasteiger charge is -2.10. The van der Waals surface area contributed by atoms with Crippen molar-refractivity contribution in [1.29, 1.82) is 0 Å². The van der Waals surface area contributed by atoms with Crippen LogP contribution in [0.2, 0.25) is 0 Å². The molecule has 0 aliphatic rings. The van der Waals surface area contributed by atoms with Crippen LogP contribution in [0.4, 0.5) is 0 Å². The summed E-state index contributed by atoms with van der Waals surface area (Å²) in [5, 5.41) is -0.315. The van der Waals surface area contributed by atoms with E-state index in [9.17, 15) is 4.79 Å². The molecule has 12 heavy (non-hydrogen) atoms. The van der Waals surface area contributed by atoms with Crippen LogP contribution in [-0.2, 0) is 9.53 Å². The molecule has 3 nitrogen and oxygen atoms in total. The Morgan fingerprint density at radius 1 is 1.58 bits per heavy atom. The van der Waals surface area contributed by atoms with Gasteiger partial charge in [0.2, 0.25) is 0 Å². The Kier molecular flexibility index (Phi) is 6.20. The summed E-state index contributed by atoms with van der Waals surface area (Å²) in [6, 6.07) is 0. The summed E-state index contributed by atoms with van der Waals surface area (Å²) < 4.78 is 4.91. The number of ether oxygens (including phenoxy) is 1. The van der Waals surface area contributed by atoms with Crippen molar-refractivity contribution in [1.82, 2.24) is 4.90 Å². The van der Waals surface area contributed by atoms with E-state index in [0.29, 0.717) is 6.61 Å². The molecule has 0 spiro atoms. The van der Waals surface area contributed by atoms with Crippen LogP contribution in [0.5, 0.6) is 0 Å². The van der Waals surface area contributed by atoms with Crippen LogP contribution in [0.3, 0.4) is 0 Å². The standard InChI is InChI=1S/C8H17NO2S/c1-7(12)8(10)11-6-4-5-9(2)3/h7,12H,4-6H2,1-3H3. The molecule has 0 aromatic rings. The lowest BCUT2D eigenvalue weighted by atomic mass is 10.4. The van der Waals surface area contributed by atoms with E-state index in [1.54, 1.807) is 6.92 Å². The van der Waals surface area contributed by atoms with E-state index < -0.39 is 0 Å². The summed E-state index contributed by atoms with van der Waals surface area (Å²) in [6.07, 6.45) is 0.874. The summed E-state index contributed by atoms with van der Waals surface area (Å²) in [5.74, 6) is -0.239. The van der Waals surface area contributed by atoms with E-state index >= 15 is 0 Å². The minimum Gasteiger partial charge on any atom is -0.465 e. The fraction of sp³-hybridized carbons (Fsp3) is 0.875. The summed E-state index contributed by atoms with van der Waals surface area (Å²) >= 11 is 3.95. The van der Waals surface area contributed by atoms with Gasteiger partial charge in [-0.15, -0.1) is 0 Å². The van der Waals surface area contributed by atoms with Crippen molar-refractivity contribution >= 4 is 18.6 Å². The quantitative estimate of drug-likeness (QED) is 0.396. The van der Waals surface area contributed by atoms with Gasteiger partial charge in [0.05, 0.1) is 11.9 Å². The van der Waals surface area contributed by atoms with E-state index in [1.807, 2.05) is 14.1 Å². The lowest BCUT2D eigenvalue weighted by molar-refractivity contribution is -0.142. The van der Waals surface area contributed by atoms with Crippen molar-refractivity contribution in [3.05, 3.63) is 0 Å². The van der Waals surface area contributed by atoms with Crippen LogP contribution < -0.4 is 0 Å². The van der Waals surface area contributed by atoms with Crippen molar-refractivity contribution in [3.63, 3.8) is 0 Å². The average molecular weight is 191 g/mol. The van der Waals surface area contributed by atoms with Crippen LogP contribution >= 0.6 is 12.6 Å². The van der Waals surface area contributed by atoms with Crippen molar-refractivity contribution in [2.45, 2.75) is 18.6 Å². The van der Waals surface area contributed by atoms with E-state index in [1.165, 1.54) is 0 Å². The second-order valence-corrected chi connectivity index (χ2v) is 3.77. The first-order valence-corrected chi connectivity index (χ1v) is 4.55. The molecule has 0 aliphatic heterocycles. The van der Waals surface area contributed by atoms with Gasteiger partial charge in [-0.25, -0.2) is 0 Å². The van der Waals surface area contributed by atoms with Crippen molar-refractivity contribution in [2.75, 3.05) is 27.2 Å². The summed E-state index contributed by atoms with van der Waals surface area (Å²) in [5.41, 5.74) is 0. The van der Waals surface area contributed by atoms with Crippen LogP contribution in [0, 0.1) is 0 Å². The maximum atomic E-state index is 10.9. The second-order valence-electron chi connectivity index (χ2n) is 3.00. The zero-order valence-corrected chi connectivity index (χ0v) is 8.80. The smallest absolute Gasteiger partial charge is 0.318 e. The topological polar surface area (TPSA) is 29.5 Å². The maximum absolute atomic E-state index is 10.9. The highest BCUT2D eigenvalue weighted by Crippen LogP contribution is 1.96. The van der Waals surface area contributed by atoms with Crippen LogP contribution in [-0.4, -0.2) is 43.4 Å². The number of hydrogen-bond donors (Lipinski definition) is 1. The molecule has 72 valence electrons. The van der Waals surface area contributed by atoms with Gasteiger partial charge in [-0.2, -0.15) is 12.6 Å². The predicted molar refractivity (Wildman–Crippen MR) is 52.6 cm³/mol. The first-order valence-electron chi connectivity index (χ1n) is 4.03. The van der Waals surface area contributed by atoms with Gasteiger partial charge < -0.3 is 9.64 Å². The SMILES string of the molecule is CC(S)C(=O)OCCCN(C)C. The molecule has 4 heteroatoms. The zero-order valence-electron chi connectivity index (χ0n) is 7.91. The highest BCUT2D eigenvalue weighted by Gasteiger charge is 2.07. The van der Waals surface area contributed by atoms with Gasteiger partial charge in [0.25, 0.3) is 0 Å². The molecule has 0 N–H and O–H groups in total. The first kappa shape index (κ1) is 11.8. The Labute approximate surface area is 79.5 Å². The molecule has 0 aromatic carbocycles. The normalized spacial score (nSPS) is 13.1. The van der Waals surface area contributed by atoms with Gasteiger partial charge >= 0.3 is 5.97 Å². The Balaban J connectivity index is 3.26. The largest absolute Gasteiger partial charge is 0.465 e. The van der Waals surface area contributed by atoms with Crippen LogP contribution in [0.15, 0.2) is 0 Å². The molecule has 1 atom stereocenters. The summed E-state index contributed by atoms with van der Waals surface area (Å²) in [4.78, 5) is 12.9. The number of carbonyl (C=O) groups excluding carboxylic acids is 1. The molecule has 0 aromatic heterocycles. The molecular formula is C8H17NO2S. The van der Waals surface area contributed by atoms with Gasteiger partial charge in [-0.05, 0) is 27.4 Å². The fourth-order valence-electron chi connectivity index (χ4n) is 0.674. The van der Waals surface area contributed by atoms with E-state index in [4.69, 9.17) is 4.74 Å². The van der Waals surface area contributed by atoms with Crippen molar-refractivity contribution < 1.29 is 9.53 Å². The lowest BCUT2D eigenvalue weighted by Crippen LogP contribution is -2.19. The van der Waals surface area contributed by atoms with Gasteiger partial charge in [0, 0.05) is 6.54 Å². The van der Waals surface area contributed by atoms with Crippen molar-refractivity contribution in [2.24, 2.45) is 0 Å². The molecule has 0 saturated heterocycles. The molecule has 0 heterocycles. The minimum atomic E-state index is -0.315. The molecule has 0 amide bonds. The van der Waals surface area contributed by atoms with E-state index in [0.717, 1.165) is 13.0 Å². The minimum absolute atomic E-state index is 0.239. The highest BCUT2D eigenvalue weighted by atomic mass is 32.1. The predicted octanol–water partition coefficient (Wildman–Crippen LogP) is 0.800. The van der Waals surface area contributed by atoms with Crippen LogP contribution in [0.25, 0.3) is 0 Å². The molecule has 0 fully saturated rings. The molecular weight excluding hydrogens is 174 g/mol.